The molecule has 0 aliphatic heterocycles. The van der Waals surface area contributed by atoms with Gasteiger partial charge >= 0.3 is 0 Å². The minimum atomic E-state index is -0.0835. The quantitative estimate of drug-likeness (QED) is 0.805. The van der Waals surface area contributed by atoms with Crippen molar-refractivity contribution in [1.82, 2.24) is 9.55 Å². The van der Waals surface area contributed by atoms with Gasteiger partial charge in [0.25, 0.3) is 5.56 Å². The Kier molecular flexibility index (Phi) is 4.22. The number of rotatable bonds is 4. The number of hydrogen-bond acceptors (Lipinski definition) is 3. The molecule has 2 aromatic carbocycles. The van der Waals surface area contributed by atoms with Crippen molar-refractivity contribution in [3.05, 3.63) is 63.9 Å². The third kappa shape index (κ3) is 2.75. The second-order valence-corrected chi connectivity index (χ2v) is 5.50. The first kappa shape index (κ1) is 14.8. The zero-order chi connectivity index (χ0) is 15.5. The van der Waals surface area contributed by atoms with Gasteiger partial charge in [-0.2, -0.15) is 0 Å². The molecule has 0 spiro atoms. The summed E-state index contributed by atoms with van der Waals surface area (Å²) in [4.78, 5) is 17.5. The summed E-state index contributed by atoms with van der Waals surface area (Å²) in [6.45, 7) is 1.06. The van der Waals surface area contributed by atoms with Gasteiger partial charge in [-0.05, 0) is 31.2 Å². The predicted octanol–water partition coefficient (Wildman–Crippen LogP) is 3.07. The molecular formula is C17H16ClN3O. The van der Waals surface area contributed by atoms with Gasteiger partial charge in [-0.1, -0.05) is 41.9 Å². The maximum Gasteiger partial charge on any atom is 0.261 e. The predicted molar refractivity (Wildman–Crippen MR) is 90.1 cm³/mol. The second kappa shape index (κ2) is 6.30. The van der Waals surface area contributed by atoms with Crippen LogP contribution in [0.4, 0.5) is 0 Å². The van der Waals surface area contributed by atoms with Crippen molar-refractivity contribution < 1.29 is 0 Å². The summed E-state index contributed by atoms with van der Waals surface area (Å²) < 4.78 is 1.68. The van der Waals surface area contributed by atoms with E-state index in [0.29, 0.717) is 41.3 Å². The van der Waals surface area contributed by atoms with Gasteiger partial charge in [-0.25, -0.2) is 4.98 Å². The summed E-state index contributed by atoms with van der Waals surface area (Å²) in [5.74, 6) is 0.661. The smallest absolute Gasteiger partial charge is 0.261 e. The maximum absolute atomic E-state index is 12.8. The Morgan fingerprint density at radius 1 is 1.14 bits per heavy atom. The zero-order valence-electron chi connectivity index (χ0n) is 12.0. The number of aromatic nitrogens is 2. The molecule has 0 saturated carbocycles. The molecule has 3 aromatic rings. The zero-order valence-corrected chi connectivity index (χ0v) is 12.8. The largest absolute Gasteiger partial charge is 0.330 e. The molecule has 0 radical (unpaired) electrons. The van der Waals surface area contributed by atoms with Gasteiger partial charge in [0.05, 0.1) is 10.9 Å². The van der Waals surface area contributed by atoms with Crippen LogP contribution in [0.1, 0.15) is 6.42 Å². The third-order valence-corrected chi connectivity index (χ3v) is 3.77. The van der Waals surface area contributed by atoms with E-state index in [9.17, 15) is 4.79 Å². The molecule has 112 valence electrons. The van der Waals surface area contributed by atoms with Crippen LogP contribution < -0.4 is 11.3 Å². The van der Waals surface area contributed by atoms with Crippen LogP contribution in [-0.4, -0.2) is 16.1 Å². The highest BCUT2D eigenvalue weighted by Crippen LogP contribution is 2.21. The Balaban J connectivity index is 2.29. The maximum atomic E-state index is 12.8. The molecule has 22 heavy (non-hydrogen) atoms. The van der Waals surface area contributed by atoms with Crippen LogP contribution in [0.2, 0.25) is 5.02 Å². The minimum absolute atomic E-state index is 0.0835. The molecule has 0 aliphatic rings. The molecule has 2 N–H and O–H groups in total. The minimum Gasteiger partial charge on any atom is -0.330 e. The summed E-state index contributed by atoms with van der Waals surface area (Å²) in [5, 5.41) is 1.06. The lowest BCUT2D eigenvalue weighted by molar-refractivity contribution is 0.632. The Morgan fingerprint density at radius 2 is 1.91 bits per heavy atom. The van der Waals surface area contributed by atoms with Crippen LogP contribution in [0.5, 0.6) is 0 Å². The van der Waals surface area contributed by atoms with Gasteiger partial charge in [-0.15, -0.1) is 0 Å². The Hall–Kier alpha value is -2.17. The molecule has 1 aromatic heterocycles. The molecule has 0 saturated heterocycles. The van der Waals surface area contributed by atoms with Gasteiger partial charge in [-0.3, -0.25) is 9.36 Å². The van der Waals surface area contributed by atoms with Crippen molar-refractivity contribution in [3.63, 3.8) is 0 Å². The highest BCUT2D eigenvalue weighted by atomic mass is 35.5. The molecule has 0 bridgehead atoms. The average molecular weight is 314 g/mol. The molecule has 0 fully saturated rings. The Bertz CT molecular complexity index is 859. The third-order valence-electron chi connectivity index (χ3n) is 3.53. The molecule has 3 rings (SSSR count). The van der Waals surface area contributed by atoms with Crippen molar-refractivity contribution in [3.8, 4) is 11.4 Å². The fraction of sp³-hybridized carbons (Fsp3) is 0.176. The first-order chi connectivity index (χ1) is 10.7. The highest BCUT2D eigenvalue weighted by molar-refractivity contribution is 6.31. The number of hydrogen-bond donors (Lipinski definition) is 1. The van der Waals surface area contributed by atoms with E-state index < -0.39 is 0 Å². The standard InChI is InChI=1S/C17H16ClN3O/c18-13-7-8-15-14(11-13)17(22)21(10-4-9-19)16(20-15)12-5-2-1-3-6-12/h1-3,5-8,11H,4,9-10,19H2. The summed E-state index contributed by atoms with van der Waals surface area (Å²) in [5.41, 5.74) is 7.07. The summed E-state index contributed by atoms with van der Waals surface area (Å²) >= 11 is 6.01. The van der Waals surface area contributed by atoms with Crippen LogP contribution in [0.3, 0.4) is 0 Å². The van der Waals surface area contributed by atoms with Crippen LogP contribution >= 0.6 is 11.6 Å². The lowest BCUT2D eigenvalue weighted by Crippen LogP contribution is -2.24. The normalized spacial score (nSPS) is 11.0. The van der Waals surface area contributed by atoms with Crippen molar-refractivity contribution >= 4 is 22.5 Å². The number of benzene rings is 2. The number of nitrogens with two attached hydrogens (primary N) is 1. The SMILES string of the molecule is NCCCn1c(-c2ccccc2)nc2ccc(Cl)cc2c1=O. The molecule has 1 heterocycles. The van der Waals surface area contributed by atoms with Crippen molar-refractivity contribution in [2.45, 2.75) is 13.0 Å². The van der Waals surface area contributed by atoms with Gasteiger partial charge in [0.15, 0.2) is 0 Å². The van der Waals surface area contributed by atoms with Gasteiger partial charge in [0, 0.05) is 17.1 Å². The van der Waals surface area contributed by atoms with Gasteiger partial charge in [0.2, 0.25) is 0 Å². The molecule has 5 heteroatoms. The van der Waals surface area contributed by atoms with Crippen molar-refractivity contribution in [1.29, 1.82) is 0 Å². The molecular weight excluding hydrogens is 298 g/mol. The second-order valence-electron chi connectivity index (χ2n) is 5.06. The fourth-order valence-corrected chi connectivity index (χ4v) is 2.63. The summed E-state index contributed by atoms with van der Waals surface area (Å²) in [7, 11) is 0. The van der Waals surface area contributed by atoms with Gasteiger partial charge in [0.1, 0.15) is 5.82 Å². The number of halogens is 1. The van der Waals surface area contributed by atoms with Crippen LogP contribution in [0.15, 0.2) is 53.3 Å². The lowest BCUT2D eigenvalue weighted by atomic mass is 10.1. The van der Waals surface area contributed by atoms with E-state index in [4.69, 9.17) is 17.3 Å². The first-order valence-corrected chi connectivity index (χ1v) is 7.54. The molecule has 0 atom stereocenters. The number of fused-ring (bicyclic) bond motifs is 1. The summed E-state index contributed by atoms with van der Waals surface area (Å²) in [6, 6.07) is 14.9. The topological polar surface area (TPSA) is 60.9 Å². The lowest BCUT2D eigenvalue weighted by Gasteiger charge is -2.13. The highest BCUT2D eigenvalue weighted by Gasteiger charge is 2.12. The van der Waals surface area contributed by atoms with Crippen LogP contribution in [0, 0.1) is 0 Å². The average Bonchev–Trinajstić information content (AvgIpc) is 2.55. The first-order valence-electron chi connectivity index (χ1n) is 7.16. The van der Waals surface area contributed by atoms with Gasteiger partial charge < -0.3 is 5.73 Å². The molecule has 0 aliphatic carbocycles. The van der Waals surface area contributed by atoms with E-state index in [2.05, 4.69) is 4.98 Å². The van der Waals surface area contributed by atoms with E-state index in [-0.39, 0.29) is 5.56 Å². The molecule has 0 unspecified atom stereocenters. The van der Waals surface area contributed by atoms with E-state index in [0.717, 1.165) is 5.56 Å². The monoisotopic (exact) mass is 313 g/mol. The molecule has 0 amide bonds. The van der Waals surface area contributed by atoms with Crippen LogP contribution in [0.25, 0.3) is 22.3 Å². The van der Waals surface area contributed by atoms with E-state index in [1.807, 2.05) is 30.3 Å². The van der Waals surface area contributed by atoms with E-state index in [1.165, 1.54) is 0 Å². The van der Waals surface area contributed by atoms with Crippen molar-refractivity contribution in [2.75, 3.05) is 6.54 Å². The molecule has 4 nitrogen and oxygen atoms in total. The fourth-order valence-electron chi connectivity index (χ4n) is 2.46. The Morgan fingerprint density at radius 3 is 2.64 bits per heavy atom. The number of nitrogens with zero attached hydrogens (tertiary/aromatic N) is 2. The van der Waals surface area contributed by atoms with Crippen molar-refractivity contribution in [2.24, 2.45) is 5.73 Å². The Labute approximate surface area is 133 Å². The van der Waals surface area contributed by atoms with Crippen LogP contribution in [-0.2, 0) is 6.54 Å². The van der Waals surface area contributed by atoms with E-state index in [1.54, 1.807) is 22.8 Å². The van der Waals surface area contributed by atoms with E-state index >= 15 is 0 Å². The summed E-state index contributed by atoms with van der Waals surface area (Å²) in [6.07, 6.45) is 0.716.